The number of benzene rings is 2. The lowest BCUT2D eigenvalue weighted by molar-refractivity contribution is -0.132. The third kappa shape index (κ3) is 3.03. The summed E-state index contributed by atoms with van der Waals surface area (Å²) in [7, 11) is 0. The van der Waals surface area contributed by atoms with Gasteiger partial charge >= 0.3 is 11.9 Å². The van der Waals surface area contributed by atoms with E-state index in [4.69, 9.17) is 9.47 Å². The van der Waals surface area contributed by atoms with Crippen molar-refractivity contribution in [1.82, 2.24) is 0 Å². The first kappa shape index (κ1) is 19.2. The van der Waals surface area contributed by atoms with Crippen LogP contribution in [0, 0.1) is 6.92 Å². The van der Waals surface area contributed by atoms with Crippen LogP contribution in [0.4, 0.5) is 0 Å². The SMILES string of the molecule is CC(=O)Oc1cc(C)cc2c1C(=O)c1c(OC(C)=O)cc(CO)c(O)c1C2=O. The molecule has 0 fully saturated rings. The Balaban J connectivity index is 2.37. The second-order valence-electron chi connectivity index (χ2n) is 6.32. The smallest absolute Gasteiger partial charge is 0.308 e. The molecule has 0 heterocycles. The van der Waals surface area contributed by atoms with Crippen molar-refractivity contribution in [3.63, 3.8) is 0 Å². The van der Waals surface area contributed by atoms with Gasteiger partial charge < -0.3 is 19.7 Å². The van der Waals surface area contributed by atoms with E-state index >= 15 is 0 Å². The normalized spacial score (nSPS) is 12.3. The van der Waals surface area contributed by atoms with Crippen molar-refractivity contribution < 1.29 is 38.9 Å². The molecule has 3 rings (SSSR count). The number of fused-ring (bicyclic) bond motifs is 2. The fourth-order valence-electron chi connectivity index (χ4n) is 3.16. The van der Waals surface area contributed by atoms with Crippen molar-refractivity contribution in [1.29, 1.82) is 0 Å². The number of hydrogen-bond acceptors (Lipinski definition) is 8. The highest BCUT2D eigenvalue weighted by molar-refractivity contribution is 6.31. The van der Waals surface area contributed by atoms with Crippen LogP contribution in [0.25, 0.3) is 0 Å². The van der Waals surface area contributed by atoms with Crippen molar-refractivity contribution in [2.24, 2.45) is 0 Å². The van der Waals surface area contributed by atoms with Gasteiger partial charge in [-0.15, -0.1) is 0 Å². The Bertz CT molecular complexity index is 1060. The summed E-state index contributed by atoms with van der Waals surface area (Å²) >= 11 is 0. The lowest BCUT2D eigenvalue weighted by Gasteiger charge is -2.23. The molecule has 144 valence electrons. The van der Waals surface area contributed by atoms with Crippen LogP contribution in [0.15, 0.2) is 18.2 Å². The number of ketones is 2. The minimum Gasteiger partial charge on any atom is -0.507 e. The molecule has 2 aromatic rings. The molecule has 1 aliphatic rings. The van der Waals surface area contributed by atoms with E-state index in [0.29, 0.717) is 5.56 Å². The van der Waals surface area contributed by atoms with Gasteiger partial charge in [0.1, 0.15) is 17.2 Å². The number of hydrogen-bond donors (Lipinski definition) is 2. The molecule has 0 spiro atoms. The van der Waals surface area contributed by atoms with E-state index in [1.165, 1.54) is 12.1 Å². The predicted octanol–water partition coefficient (Wildman–Crippen LogP) is 1.82. The summed E-state index contributed by atoms with van der Waals surface area (Å²) in [5.74, 6) is -3.87. The van der Waals surface area contributed by atoms with Crippen LogP contribution in [0.5, 0.6) is 17.2 Å². The number of carbonyl (C=O) groups excluding carboxylic acids is 4. The molecule has 0 amide bonds. The van der Waals surface area contributed by atoms with Crippen molar-refractivity contribution in [3.05, 3.63) is 51.6 Å². The van der Waals surface area contributed by atoms with Crippen molar-refractivity contribution in [2.45, 2.75) is 27.4 Å². The monoisotopic (exact) mass is 384 g/mol. The molecule has 8 heteroatoms. The maximum Gasteiger partial charge on any atom is 0.308 e. The van der Waals surface area contributed by atoms with Gasteiger partial charge in [0, 0.05) is 25.0 Å². The average Bonchev–Trinajstić information content (AvgIpc) is 2.59. The van der Waals surface area contributed by atoms with Gasteiger partial charge in [-0.05, 0) is 30.7 Å². The van der Waals surface area contributed by atoms with Crippen LogP contribution in [-0.4, -0.2) is 33.7 Å². The van der Waals surface area contributed by atoms with Gasteiger partial charge in [-0.1, -0.05) is 0 Å². The van der Waals surface area contributed by atoms with E-state index in [1.807, 2.05) is 0 Å². The third-order valence-corrected chi connectivity index (χ3v) is 4.19. The number of ether oxygens (including phenoxy) is 2. The summed E-state index contributed by atoms with van der Waals surface area (Å²) in [6.45, 7) is 3.26. The summed E-state index contributed by atoms with van der Waals surface area (Å²) in [4.78, 5) is 49.2. The first-order valence-electron chi connectivity index (χ1n) is 8.26. The number of aliphatic hydroxyl groups is 1. The minimum atomic E-state index is -0.757. The molecule has 0 aromatic heterocycles. The Morgan fingerprint density at radius 2 is 1.46 bits per heavy atom. The molecule has 0 aliphatic heterocycles. The van der Waals surface area contributed by atoms with Crippen molar-refractivity contribution in [2.75, 3.05) is 0 Å². The lowest BCUT2D eigenvalue weighted by atomic mass is 9.81. The Morgan fingerprint density at radius 1 is 0.893 bits per heavy atom. The average molecular weight is 384 g/mol. The van der Waals surface area contributed by atoms with Crippen LogP contribution in [0.1, 0.15) is 56.8 Å². The van der Waals surface area contributed by atoms with E-state index in [9.17, 15) is 29.4 Å². The standard InChI is InChI=1S/C20H16O8/c1-8-4-12-15(13(5-8)27-9(2)22)20(26)16-14(28-10(3)23)6-11(7-21)18(24)17(16)19(12)25/h4-6,21,24H,7H2,1-3H3. The van der Waals surface area contributed by atoms with E-state index in [0.717, 1.165) is 19.9 Å². The van der Waals surface area contributed by atoms with Crippen LogP contribution in [0.2, 0.25) is 0 Å². The molecular formula is C20H16O8. The van der Waals surface area contributed by atoms with Crippen LogP contribution < -0.4 is 9.47 Å². The maximum atomic E-state index is 13.2. The van der Waals surface area contributed by atoms with Gasteiger partial charge in [-0.25, -0.2) is 0 Å². The summed E-state index contributed by atoms with van der Waals surface area (Å²) in [6, 6.07) is 3.98. The summed E-state index contributed by atoms with van der Waals surface area (Å²) in [5.41, 5.74) is -0.458. The van der Waals surface area contributed by atoms with Crippen molar-refractivity contribution in [3.8, 4) is 17.2 Å². The van der Waals surface area contributed by atoms with Gasteiger partial charge in [-0.2, -0.15) is 0 Å². The highest BCUT2D eigenvalue weighted by atomic mass is 16.5. The second kappa shape index (κ2) is 6.90. The number of aryl methyl sites for hydroxylation is 1. The first-order valence-corrected chi connectivity index (χ1v) is 8.26. The van der Waals surface area contributed by atoms with Crippen LogP contribution in [-0.2, 0) is 16.2 Å². The molecule has 8 nitrogen and oxygen atoms in total. The quantitative estimate of drug-likeness (QED) is 0.517. The fraction of sp³-hybridized carbons (Fsp3) is 0.200. The van der Waals surface area contributed by atoms with Crippen LogP contribution in [0.3, 0.4) is 0 Å². The fourth-order valence-corrected chi connectivity index (χ4v) is 3.16. The predicted molar refractivity (Wildman–Crippen MR) is 94.7 cm³/mol. The zero-order valence-corrected chi connectivity index (χ0v) is 15.3. The van der Waals surface area contributed by atoms with E-state index < -0.39 is 35.9 Å². The zero-order valence-electron chi connectivity index (χ0n) is 15.3. The van der Waals surface area contributed by atoms with E-state index in [2.05, 4.69) is 0 Å². The molecule has 1 aliphatic carbocycles. The van der Waals surface area contributed by atoms with E-state index in [-0.39, 0.29) is 39.3 Å². The Labute approximate surface area is 159 Å². The van der Waals surface area contributed by atoms with Gasteiger partial charge in [-0.3, -0.25) is 19.2 Å². The number of carbonyl (C=O) groups is 4. The summed E-state index contributed by atoms with van der Waals surface area (Å²) < 4.78 is 10.1. The molecule has 0 unspecified atom stereocenters. The Hall–Kier alpha value is -3.52. The molecule has 0 bridgehead atoms. The molecule has 28 heavy (non-hydrogen) atoms. The third-order valence-electron chi connectivity index (χ3n) is 4.19. The Morgan fingerprint density at radius 3 is 2.00 bits per heavy atom. The first-order chi connectivity index (χ1) is 13.1. The molecule has 0 saturated carbocycles. The number of phenols is 1. The second-order valence-corrected chi connectivity index (χ2v) is 6.32. The molecular weight excluding hydrogens is 368 g/mol. The lowest BCUT2D eigenvalue weighted by Crippen LogP contribution is -2.25. The molecule has 0 saturated heterocycles. The largest absolute Gasteiger partial charge is 0.507 e. The molecule has 2 N–H and O–H groups in total. The summed E-state index contributed by atoms with van der Waals surface area (Å²) in [6.07, 6.45) is 0. The van der Waals surface area contributed by atoms with Gasteiger partial charge in [0.25, 0.3) is 0 Å². The van der Waals surface area contributed by atoms with Gasteiger partial charge in [0.2, 0.25) is 5.78 Å². The molecule has 2 aromatic carbocycles. The highest BCUT2D eigenvalue weighted by Crippen LogP contribution is 2.43. The van der Waals surface area contributed by atoms with Gasteiger partial charge in [0.15, 0.2) is 5.78 Å². The number of esters is 2. The number of rotatable bonds is 3. The van der Waals surface area contributed by atoms with Crippen LogP contribution >= 0.6 is 0 Å². The maximum absolute atomic E-state index is 13.2. The Kier molecular flexibility index (Phi) is 4.74. The van der Waals surface area contributed by atoms with Crippen molar-refractivity contribution >= 4 is 23.5 Å². The van der Waals surface area contributed by atoms with E-state index in [1.54, 1.807) is 6.92 Å². The van der Waals surface area contributed by atoms with Gasteiger partial charge in [0.05, 0.1) is 23.3 Å². The zero-order chi connectivity index (χ0) is 20.7. The highest BCUT2D eigenvalue weighted by Gasteiger charge is 2.39. The summed E-state index contributed by atoms with van der Waals surface area (Å²) in [5, 5.41) is 19.9. The minimum absolute atomic E-state index is 0.0621. The molecule has 0 radical (unpaired) electrons. The topological polar surface area (TPSA) is 127 Å². The number of aromatic hydroxyl groups is 1. The molecule has 0 atom stereocenters. The number of aliphatic hydroxyl groups excluding tert-OH is 1.